The highest BCUT2D eigenvalue weighted by Crippen LogP contribution is 2.31. The highest BCUT2D eigenvalue weighted by atomic mass is 19.4. The van der Waals surface area contributed by atoms with Crippen molar-refractivity contribution in [2.24, 2.45) is 0 Å². The molecular formula is C16H17F3O2. The lowest BCUT2D eigenvalue weighted by Crippen LogP contribution is -2.06. The third kappa shape index (κ3) is 3.29. The Labute approximate surface area is 121 Å². The van der Waals surface area contributed by atoms with Gasteiger partial charge in [0.05, 0.1) is 11.7 Å². The van der Waals surface area contributed by atoms with Gasteiger partial charge in [0.25, 0.3) is 0 Å². The smallest absolute Gasteiger partial charge is 0.416 e. The van der Waals surface area contributed by atoms with E-state index in [9.17, 15) is 18.3 Å². The van der Waals surface area contributed by atoms with Crippen molar-refractivity contribution in [2.75, 3.05) is 0 Å². The predicted molar refractivity (Wildman–Crippen MR) is 73.0 cm³/mol. The van der Waals surface area contributed by atoms with Gasteiger partial charge in [-0.1, -0.05) is 12.1 Å². The average molecular weight is 298 g/mol. The summed E-state index contributed by atoms with van der Waals surface area (Å²) >= 11 is 0. The quantitative estimate of drug-likeness (QED) is 0.905. The number of benzene rings is 1. The van der Waals surface area contributed by atoms with Crippen LogP contribution in [0.5, 0.6) is 0 Å². The number of alkyl halides is 3. The molecule has 2 rings (SSSR count). The number of rotatable bonds is 3. The molecule has 5 heteroatoms. The van der Waals surface area contributed by atoms with Crippen molar-refractivity contribution in [3.8, 4) is 0 Å². The molecule has 21 heavy (non-hydrogen) atoms. The molecule has 0 aliphatic rings. The third-order valence-electron chi connectivity index (χ3n) is 3.66. The van der Waals surface area contributed by atoms with E-state index in [1.54, 1.807) is 6.92 Å². The predicted octanol–water partition coefficient (Wildman–Crippen LogP) is 4.50. The van der Waals surface area contributed by atoms with Gasteiger partial charge in [0.1, 0.15) is 11.5 Å². The maximum absolute atomic E-state index is 12.5. The Morgan fingerprint density at radius 1 is 1.05 bits per heavy atom. The molecule has 0 bridgehead atoms. The van der Waals surface area contributed by atoms with Crippen molar-refractivity contribution in [1.82, 2.24) is 0 Å². The normalized spacial score (nSPS) is 13.5. The Hall–Kier alpha value is -1.75. The van der Waals surface area contributed by atoms with E-state index in [0.717, 1.165) is 23.5 Å². The fraction of sp³-hybridized carbons (Fsp3) is 0.375. The molecular weight excluding hydrogens is 281 g/mol. The molecule has 0 aliphatic carbocycles. The summed E-state index contributed by atoms with van der Waals surface area (Å²) in [5.41, 5.74) is 1.56. The Balaban J connectivity index is 2.18. The number of hydrogen-bond acceptors (Lipinski definition) is 2. The Morgan fingerprint density at radius 3 is 2.05 bits per heavy atom. The molecule has 1 N–H and O–H groups in total. The third-order valence-corrected chi connectivity index (χ3v) is 3.66. The molecule has 2 aromatic rings. The first-order chi connectivity index (χ1) is 9.70. The zero-order valence-corrected chi connectivity index (χ0v) is 12.1. The Kier molecular flexibility index (Phi) is 4.14. The van der Waals surface area contributed by atoms with E-state index >= 15 is 0 Å². The van der Waals surface area contributed by atoms with Crippen molar-refractivity contribution in [3.63, 3.8) is 0 Å². The minimum absolute atomic E-state index is 0.249. The molecule has 0 saturated carbocycles. The van der Waals surface area contributed by atoms with Crippen molar-refractivity contribution >= 4 is 0 Å². The van der Waals surface area contributed by atoms with E-state index < -0.39 is 17.8 Å². The fourth-order valence-electron chi connectivity index (χ4n) is 2.45. The van der Waals surface area contributed by atoms with Crippen LogP contribution in [-0.4, -0.2) is 5.11 Å². The van der Waals surface area contributed by atoms with Gasteiger partial charge in [0.2, 0.25) is 0 Å². The summed E-state index contributed by atoms with van der Waals surface area (Å²) in [7, 11) is 0. The van der Waals surface area contributed by atoms with Crippen LogP contribution in [0.2, 0.25) is 0 Å². The molecule has 0 amide bonds. The summed E-state index contributed by atoms with van der Waals surface area (Å²) in [5.74, 6) is 1.39. The summed E-state index contributed by atoms with van der Waals surface area (Å²) in [6.45, 7) is 5.44. The van der Waals surface area contributed by atoms with Crippen molar-refractivity contribution in [1.29, 1.82) is 0 Å². The molecule has 1 aromatic heterocycles. The molecule has 2 nitrogen and oxygen atoms in total. The van der Waals surface area contributed by atoms with Crippen LogP contribution in [0.15, 0.2) is 28.7 Å². The minimum Gasteiger partial charge on any atom is -0.466 e. The van der Waals surface area contributed by atoms with Crippen molar-refractivity contribution < 1.29 is 22.7 Å². The number of hydrogen-bond donors (Lipinski definition) is 1. The van der Waals surface area contributed by atoms with Crippen LogP contribution in [0, 0.1) is 20.8 Å². The van der Waals surface area contributed by atoms with Gasteiger partial charge in [-0.3, -0.25) is 0 Å². The summed E-state index contributed by atoms with van der Waals surface area (Å²) in [6.07, 6.45) is -4.88. The van der Waals surface area contributed by atoms with Crippen LogP contribution in [0.1, 0.15) is 39.9 Å². The first-order valence-corrected chi connectivity index (χ1v) is 6.61. The lowest BCUT2D eigenvalue weighted by Gasteiger charge is -2.12. The van der Waals surface area contributed by atoms with Crippen LogP contribution >= 0.6 is 0 Å². The van der Waals surface area contributed by atoms with E-state index in [0.29, 0.717) is 16.9 Å². The maximum Gasteiger partial charge on any atom is 0.416 e. The molecule has 1 unspecified atom stereocenters. The average Bonchev–Trinajstić information content (AvgIpc) is 2.62. The van der Waals surface area contributed by atoms with Gasteiger partial charge in [0, 0.05) is 12.0 Å². The summed E-state index contributed by atoms with van der Waals surface area (Å²) in [6, 6.07) is 4.85. The monoisotopic (exact) mass is 298 g/mol. The summed E-state index contributed by atoms with van der Waals surface area (Å²) < 4.78 is 42.9. The molecule has 1 heterocycles. The van der Waals surface area contributed by atoms with Crippen LogP contribution in [0.4, 0.5) is 13.2 Å². The highest BCUT2D eigenvalue weighted by Gasteiger charge is 2.30. The van der Waals surface area contributed by atoms with Gasteiger partial charge in [-0.25, -0.2) is 0 Å². The zero-order valence-electron chi connectivity index (χ0n) is 12.1. The Bertz CT molecular complexity index is 624. The summed E-state index contributed by atoms with van der Waals surface area (Å²) in [5, 5.41) is 10.3. The van der Waals surface area contributed by atoms with E-state index in [2.05, 4.69) is 0 Å². The van der Waals surface area contributed by atoms with Crippen molar-refractivity contribution in [3.05, 3.63) is 58.0 Å². The van der Waals surface area contributed by atoms with E-state index in [1.807, 2.05) is 13.8 Å². The molecule has 0 fully saturated rings. The SMILES string of the molecule is Cc1oc(C)c(C(O)Cc2ccc(C(F)(F)F)cc2)c1C. The molecule has 0 saturated heterocycles. The molecule has 0 spiro atoms. The first kappa shape index (κ1) is 15.6. The Morgan fingerprint density at radius 2 is 1.62 bits per heavy atom. The maximum atomic E-state index is 12.5. The second-order valence-corrected chi connectivity index (χ2v) is 5.17. The number of aliphatic hydroxyl groups is 1. The summed E-state index contributed by atoms with van der Waals surface area (Å²) in [4.78, 5) is 0. The number of furan rings is 1. The van der Waals surface area contributed by atoms with Crippen LogP contribution in [0.25, 0.3) is 0 Å². The van der Waals surface area contributed by atoms with Gasteiger partial charge < -0.3 is 9.52 Å². The van der Waals surface area contributed by atoms with Crippen LogP contribution < -0.4 is 0 Å². The first-order valence-electron chi connectivity index (χ1n) is 6.61. The highest BCUT2D eigenvalue weighted by molar-refractivity contribution is 5.35. The molecule has 114 valence electrons. The van der Waals surface area contributed by atoms with Gasteiger partial charge in [0.15, 0.2) is 0 Å². The fourth-order valence-corrected chi connectivity index (χ4v) is 2.45. The topological polar surface area (TPSA) is 33.4 Å². The number of halogens is 3. The molecule has 0 radical (unpaired) electrons. The zero-order chi connectivity index (χ0) is 15.8. The van der Waals surface area contributed by atoms with Gasteiger partial charge >= 0.3 is 6.18 Å². The van der Waals surface area contributed by atoms with Crippen molar-refractivity contribution in [2.45, 2.75) is 39.5 Å². The largest absolute Gasteiger partial charge is 0.466 e. The van der Waals surface area contributed by atoms with Gasteiger partial charge in [-0.2, -0.15) is 13.2 Å². The van der Waals surface area contributed by atoms with Gasteiger partial charge in [-0.15, -0.1) is 0 Å². The molecule has 1 aromatic carbocycles. The van der Waals surface area contributed by atoms with Crippen LogP contribution in [0.3, 0.4) is 0 Å². The van der Waals surface area contributed by atoms with Gasteiger partial charge in [-0.05, 0) is 44.0 Å². The number of aryl methyl sites for hydroxylation is 2. The van der Waals surface area contributed by atoms with E-state index in [-0.39, 0.29) is 6.42 Å². The number of aliphatic hydroxyl groups excluding tert-OH is 1. The standard InChI is InChI=1S/C16H17F3O2/c1-9-10(2)21-11(3)15(9)14(20)8-12-4-6-13(7-5-12)16(17,18)19/h4-7,14,20H,8H2,1-3H3. The minimum atomic E-state index is -4.34. The second kappa shape index (κ2) is 5.56. The molecule has 0 aliphatic heterocycles. The van der Waals surface area contributed by atoms with E-state index in [1.165, 1.54) is 12.1 Å². The van der Waals surface area contributed by atoms with E-state index in [4.69, 9.17) is 4.42 Å². The second-order valence-electron chi connectivity index (χ2n) is 5.17. The lowest BCUT2D eigenvalue weighted by atomic mass is 9.97. The lowest BCUT2D eigenvalue weighted by molar-refractivity contribution is -0.137. The van der Waals surface area contributed by atoms with Crippen LogP contribution in [-0.2, 0) is 12.6 Å². The molecule has 1 atom stereocenters.